The van der Waals surface area contributed by atoms with Gasteiger partial charge in [-0.15, -0.1) is 0 Å². The molecule has 26 heavy (non-hydrogen) atoms. The van der Waals surface area contributed by atoms with E-state index >= 15 is 0 Å². The van der Waals surface area contributed by atoms with Gasteiger partial charge in [-0.25, -0.2) is 4.39 Å². The van der Waals surface area contributed by atoms with Crippen molar-refractivity contribution in [1.29, 1.82) is 0 Å². The molecule has 2 aromatic heterocycles. The molecule has 0 bridgehead atoms. The van der Waals surface area contributed by atoms with Crippen LogP contribution >= 0.6 is 0 Å². The molecule has 0 spiro atoms. The molecule has 4 rings (SSSR count). The number of ether oxygens (including phenoxy) is 1. The summed E-state index contributed by atoms with van der Waals surface area (Å²) in [5, 5.41) is 4.33. The Labute approximate surface area is 150 Å². The van der Waals surface area contributed by atoms with E-state index in [-0.39, 0.29) is 5.82 Å². The van der Waals surface area contributed by atoms with Crippen molar-refractivity contribution in [2.75, 3.05) is 5.32 Å². The molecule has 0 saturated heterocycles. The fourth-order valence-electron chi connectivity index (χ4n) is 2.68. The second-order valence-electron chi connectivity index (χ2n) is 5.82. The highest BCUT2D eigenvalue weighted by molar-refractivity contribution is 5.91. The van der Waals surface area contributed by atoms with Gasteiger partial charge in [0.25, 0.3) is 0 Å². The van der Waals surface area contributed by atoms with Crippen LogP contribution in [-0.4, -0.2) is 9.97 Å². The molecule has 2 aromatic carbocycles. The maximum atomic E-state index is 13.2. The Morgan fingerprint density at radius 1 is 0.962 bits per heavy atom. The highest BCUT2D eigenvalue weighted by atomic mass is 19.1. The van der Waals surface area contributed by atoms with Gasteiger partial charge in [0, 0.05) is 29.7 Å². The molecule has 0 amide bonds. The topological polar surface area (TPSA) is 47.0 Å². The molecule has 0 fully saturated rings. The van der Waals surface area contributed by atoms with Crippen molar-refractivity contribution in [3.8, 4) is 5.75 Å². The number of anilines is 2. The number of halogens is 1. The Morgan fingerprint density at radius 3 is 2.69 bits per heavy atom. The van der Waals surface area contributed by atoms with E-state index in [1.54, 1.807) is 24.7 Å². The summed E-state index contributed by atoms with van der Waals surface area (Å²) in [6.07, 6.45) is 5.28. The second kappa shape index (κ2) is 7.19. The molecule has 0 aliphatic carbocycles. The molecule has 4 nitrogen and oxygen atoms in total. The number of fused-ring (bicyclic) bond motifs is 1. The molecule has 0 unspecified atom stereocenters. The third kappa shape index (κ3) is 3.62. The van der Waals surface area contributed by atoms with Gasteiger partial charge >= 0.3 is 0 Å². The van der Waals surface area contributed by atoms with Gasteiger partial charge in [0.05, 0.1) is 11.2 Å². The number of nitrogens with zero attached hydrogens (tertiary/aromatic N) is 2. The Hall–Kier alpha value is -3.47. The smallest absolute Gasteiger partial charge is 0.123 e. The first kappa shape index (κ1) is 16.0. The third-order valence-corrected chi connectivity index (χ3v) is 3.97. The Morgan fingerprint density at radius 2 is 1.85 bits per heavy atom. The molecule has 128 valence electrons. The maximum Gasteiger partial charge on any atom is 0.123 e. The van der Waals surface area contributed by atoms with Gasteiger partial charge in [-0.1, -0.05) is 12.1 Å². The standard InChI is InChI=1S/C21H16FN3O/c22-16-3-1-2-15(12-16)14-26-18-6-4-17(5-7-18)25-21-9-11-24-20-8-10-23-13-19(20)21/h1-13H,14H2,(H,24,25). The molecule has 0 radical (unpaired) electrons. The lowest BCUT2D eigenvalue weighted by molar-refractivity contribution is 0.305. The molecule has 2 heterocycles. The SMILES string of the molecule is Fc1cccc(COc2ccc(Nc3ccnc4ccncc34)cc2)c1. The molecule has 0 aliphatic heterocycles. The maximum absolute atomic E-state index is 13.2. The van der Waals surface area contributed by atoms with E-state index in [4.69, 9.17) is 4.74 Å². The number of pyridine rings is 2. The van der Waals surface area contributed by atoms with Gasteiger partial charge in [0.2, 0.25) is 0 Å². The Balaban J connectivity index is 1.46. The lowest BCUT2D eigenvalue weighted by Gasteiger charge is -2.11. The fraction of sp³-hybridized carbons (Fsp3) is 0.0476. The first-order valence-electron chi connectivity index (χ1n) is 8.21. The van der Waals surface area contributed by atoms with E-state index in [1.807, 2.05) is 42.5 Å². The summed E-state index contributed by atoms with van der Waals surface area (Å²) in [7, 11) is 0. The summed E-state index contributed by atoms with van der Waals surface area (Å²) in [6.45, 7) is 0.325. The van der Waals surface area contributed by atoms with Crippen LogP contribution in [0.5, 0.6) is 5.75 Å². The van der Waals surface area contributed by atoms with Crippen LogP contribution in [0.3, 0.4) is 0 Å². The lowest BCUT2D eigenvalue weighted by Crippen LogP contribution is -1.96. The summed E-state index contributed by atoms with van der Waals surface area (Å²) in [6, 6.07) is 17.8. The van der Waals surface area contributed by atoms with Crippen LogP contribution in [0.1, 0.15) is 5.56 Å². The minimum absolute atomic E-state index is 0.260. The average Bonchev–Trinajstić information content (AvgIpc) is 2.68. The van der Waals surface area contributed by atoms with E-state index < -0.39 is 0 Å². The Bertz CT molecular complexity index is 1030. The summed E-state index contributed by atoms with van der Waals surface area (Å²) < 4.78 is 18.9. The molecule has 0 atom stereocenters. The van der Waals surface area contributed by atoms with Crippen molar-refractivity contribution in [3.63, 3.8) is 0 Å². The largest absolute Gasteiger partial charge is 0.489 e. The van der Waals surface area contributed by atoms with Gasteiger partial charge in [0.1, 0.15) is 18.2 Å². The van der Waals surface area contributed by atoms with Crippen LogP contribution in [0.4, 0.5) is 15.8 Å². The number of aromatic nitrogens is 2. The van der Waals surface area contributed by atoms with Crippen LogP contribution in [0.25, 0.3) is 10.9 Å². The number of nitrogens with one attached hydrogen (secondary N) is 1. The van der Waals surface area contributed by atoms with E-state index in [9.17, 15) is 4.39 Å². The van der Waals surface area contributed by atoms with Crippen LogP contribution < -0.4 is 10.1 Å². The lowest BCUT2D eigenvalue weighted by atomic mass is 10.2. The molecule has 4 aromatic rings. The molecule has 0 aliphatic rings. The monoisotopic (exact) mass is 345 g/mol. The van der Waals surface area contributed by atoms with Crippen LogP contribution in [0, 0.1) is 5.82 Å². The van der Waals surface area contributed by atoms with Crippen LogP contribution in [0.15, 0.2) is 79.3 Å². The number of rotatable bonds is 5. The van der Waals surface area contributed by atoms with Crippen LogP contribution in [-0.2, 0) is 6.61 Å². The fourth-order valence-corrected chi connectivity index (χ4v) is 2.68. The number of hydrogen-bond acceptors (Lipinski definition) is 4. The van der Waals surface area contributed by atoms with Crippen molar-refractivity contribution < 1.29 is 9.13 Å². The molecule has 5 heteroatoms. The minimum Gasteiger partial charge on any atom is -0.489 e. The van der Waals surface area contributed by atoms with Gasteiger partial charge in [-0.3, -0.25) is 9.97 Å². The number of hydrogen-bond donors (Lipinski definition) is 1. The molecule has 0 saturated carbocycles. The number of benzene rings is 2. The third-order valence-electron chi connectivity index (χ3n) is 3.97. The Kier molecular flexibility index (Phi) is 4.43. The zero-order valence-corrected chi connectivity index (χ0v) is 13.9. The normalized spacial score (nSPS) is 10.7. The van der Waals surface area contributed by atoms with E-state index in [1.165, 1.54) is 12.1 Å². The van der Waals surface area contributed by atoms with Gasteiger partial charge in [0.15, 0.2) is 0 Å². The average molecular weight is 345 g/mol. The molecular formula is C21H16FN3O. The van der Waals surface area contributed by atoms with Crippen molar-refractivity contribution in [2.24, 2.45) is 0 Å². The second-order valence-corrected chi connectivity index (χ2v) is 5.82. The van der Waals surface area contributed by atoms with Gasteiger partial charge in [-0.05, 0) is 54.1 Å². The summed E-state index contributed by atoms with van der Waals surface area (Å²) >= 11 is 0. The zero-order valence-electron chi connectivity index (χ0n) is 13.9. The van der Waals surface area contributed by atoms with Crippen molar-refractivity contribution in [1.82, 2.24) is 9.97 Å². The molecule has 1 N–H and O–H groups in total. The first-order chi connectivity index (χ1) is 12.8. The predicted molar refractivity (Wildman–Crippen MR) is 100.0 cm³/mol. The molecular weight excluding hydrogens is 329 g/mol. The van der Waals surface area contributed by atoms with E-state index in [0.717, 1.165) is 33.6 Å². The van der Waals surface area contributed by atoms with E-state index in [0.29, 0.717) is 6.61 Å². The minimum atomic E-state index is -0.260. The first-order valence-corrected chi connectivity index (χ1v) is 8.21. The summed E-state index contributed by atoms with van der Waals surface area (Å²) in [5.41, 5.74) is 3.55. The van der Waals surface area contributed by atoms with Crippen molar-refractivity contribution in [3.05, 3.63) is 90.6 Å². The quantitative estimate of drug-likeness (QED) is 0.547. The summed E-state index contributed by atoms with van der Waals surface area (Å²) in [5.74, 6) is 0.464. The highest BCUT2D eigenvalue weighted by Crippen LogP contribution is 2.25. The van der Waals surface area contributed by atoms with Gasteiger partial charge in [-0.2, -0.15) is 0 Å². The van der Waals surface area contributed by atoms with E-state index in [2.05, 4.69) is 15.3 Å². The zero-order chi connectivity index (χ0) is 17.8. The van der Waals surface area contributed by atoms with Crippen molar-refractivity contribution in [2.45, 2.75) is 6.61 Å². The van der Waals surface area contributed by atoms with Crippen LogP contribution in [0.2, 0.25) is 0 Å². The van der Waals surface area contributed by atoms with Crippen molar-refractivity contribution >= 4 is 22.3 Å². The summed E-state index contributed by atoms with van der Waals surface area (Å²) in [4.78, 5) is 8.49. The highest BCUT2D eigenvalue weighted by Gasteiger charge is 2.03. The van der Waals surface area contributed by atoms with Gasteiger partial charge < -0.3 is 10.1 Å². The predicted octanol–water partition coefficient (Wildman–Crippen LogP) is 5.09.